The maximum atomic E-state index is 11.8. The van der Waals surface area contributed by atoms with Gasteiger partial charge in [0.25, 0.3) is 10.1 Å². The number of hydrogen-bond acceptors (Lipinski definition) is 4. The van der Waals surface area contributed by atoms with E-state index in [2.05, 4.69) is 5.11 Å². The highest BCUT2D eigenvalue weighted by atomic mass is 32.2. The molecule has 3 aromatic carbocycles. The maximum Gasteiger partial charge on any atom is 0.297 e. The molecule has 0 saturated carbocycles. The van der Waals surface area contributed by atoms with Crippen molar-refractivity contribution in [3.8, 4) is 11.1 Å². The van der Waals surface area contributed by atoms with Crippen LogP contribution in [-0.2, 0) is 10.1 Å². The van der Waals surface area contributed by atoms with Gasteiger partial charge in [-0.1, -0.05) is 54.6 Å². The van der Waals surface area contributed by atoms with Gasteiger partial charge in [-0.2, -0.15) is 13.5 Å². The van der Waals surface area contributed by atoms with E-state index >= 15 is 0 Å². The minimum Gasteiger partial charge on any atom is -0.282 e. The molecule has 0 radical (unpaired) electrons. The van der Waals surface area contributed by atoms with Gasteiger partial charge in [0.05, 0.1) is 0 Å². The Morgan fingerprint density at radius 2 is 1.59 bits per heavy atom. The molecule has 0 bridgehead atoms. The first-order valence-corrected chi connectivity index (χ1v) is 7.92. The fourth-order valence-electron chi connectivity index (χ4n) is 2.51. The summed E-state index contributed by atoms with van der Waals surface area (Å²) in [6, 6.07) is 17.6. The van der Waals surface area contributed by atoms with Gasteiger partial charge in [0.15, 0.2) is 0 Å². The van der Waals surface area contributed by atoms with E-state index in [1.807, 2.05) is 18.2 Å². The quantitative estimate of drug-likeness (QED) is 0.554. The first-order valence-electron chi connectivity index (χ1n) is 6.48. The molecule has 3 rings (SSSR count). The molecular weight excluding hydrogens is 300 g/mol. The summed E-state index contributed by atoms with van der Waals surface area (Å²) in [5.74, 6) is 0. The number of rotatable bonds is 3. The summed E-state index contributed by atoms with van der Waals surface area (Å²) in [6.07, 6.45) is 0. The Morgan fingerprint density at radius 3 is 2.23 bits per heavy atom. The summed E-state index contributed by atoms with van der Waals surface area (Å²) in [7, 11) is -4.52. The highest BCUT2D eigenvalue weighted by molar-refractivity contribution is 7.86. The van der Waals surface area contributed by atoms with Crippen LogP contribution in [0.5, 0.6) is 0 Å². The van der Waals surface area contributed by atoms with Crippen LogP contribution in [-0.4, -0.2) is 13.0 Å². The minimum absolute atomic E-state index is 0.0626. The Balaban J connectivity index is 2.52. The van der Waals surface area contributed by atoms with Crippen molar-refractivity contribution in [1.82, 2.24) is 0 Å². The third kappa shape index (κ3) is 2.38. The molecule has 0 fully saturated rings. The lowest BCUT2D eigenvalue weighted by atomic mass is 9.99. The van der Waals surface area contributed by atoms with Gasteiger partial charge in [-0.3, -0.25) is 4.55 Å². The van der Waals surface area contributed by atoms with Gasteiger partial charge in [-0.25, -0.2) is 5.53 Å². The zero-order chi connectivity index (χ0) is 15.7. The monoisotopic (exact) mass is 312 g/mol. The average Bonchev–Trinajstić information content (AvgIpc) is 2.52. The van der Waals surface area contributed by atoms with Gasteiger partial charge in [-0.15, -0.1) is 0 Å². The Hall–Kier alpha value is -2.57. The van der Waals surface area contributed by atoms with Crippen LogP contribution in [0, 0.1) is 5.53 Å². The second-order valence-corrected chi connectivity index (χ2v) is 6.13. The fraction of sp³-hybridized carbons (Fsp3) is 0. The zero-order valence-corrected chi connectivity index (χ0v) is 12.2. The first kappa shape index (κ1) is 14.4. The normalized spacial score (nSPS) is 11.5. The molecule has 2 N–H and O–H groups in total. The van der Waals surface area contributed by atoms with E-state index in [9.17, 15) is 13.0 Å². The van der Waals surface area contributed by atoms with Gasteiger partial charge in [0.2, 0.25) is 0 Å². The summed E-state index contributed by atoms with van der Waals surface area (Å²) in [5.41, 5.74) is 8.53. The molecule has 0 spiro atoms. The fourth-order valence-corrected chi connectivity index (χ4v) is 3.38. The second-order valence-electron chi connectivity index (χ2n) is 4.78. The molecule has 22 heavy (non-hydrogen) atoms. The van der Waals surface area contributed by atoms with Crippen LogP contribution in [0.15, 0.2) is 70.7 Å². The van der Waals surface area contributed by atoms with E-state index in [-0.39, 0.29) is 10.6 Å². The molecule has 0 aliphatic carbocycles. The summed E-state index contributed by atoms with van der Waals surface area (Å²) < 4.78 is 33.2. The molecule has 3 aromatic rings. The zero-order valence-electron chi connectivity index (χ0n) is 11.4. The second kappa shape index (κ2) is 5.32. The van der Waals surface area contributed by atoms with Crippen molar-refractivity contribution < 1.29 is 13.0 Å². The predicted octanol–water partition coefficient (Wildman–Crippen LogP) is 4.42. The molecule has 0 atom stereocenters. The Bertz CT molecular complexity index is 967. The smallest absolute Gasteiger partial charge is 0.282 e. The number of fused-ring (bicyclic) bond motifs is 1. The van der Waals surface area contributed by atoms with Crippen LogP contribution in [0.1, 0.15) is 0 Å². The Kier molecular flexibility index (Phi) is 3.48. The number of nitrogens with one attached hydrogen (secondary N) is 1. The number of benzene rings is 3. The summed E-state index contributed by atoms with van der Waals surface area (Å²) in [5, 5.41) is 4.37. The molecular formula is C16H12N2O3S. The van der Waals surface area contributed by atoms with Crippen molar-refractivity contribution in [2.75, 3.05) is 0 Å². The van der Waals surface area contributed by atoms with Crippen LogP contribution < -0.4 is 0 Å². The van der Waals surface area contributed by atoms with Gasteiger partial charge < -0.3 is 0 Å². The van der Waals surface area contributed by atoms with Gasteiger partial charge in [0.1, 0.15) is 10.6 Å². The van der Waals surface area contributed by atoms with Gasteiger partial charge in [-0.05, 0) is 17.0 Å². The van der Waals surface area contributed by atoms with E-state index in [4.69, 9.17) is 5.53 Å². The van der Waals surface area contributed by atoms with Gasteiger partial charge >= 0.3 is 0 Å². The molecule has 0 unspecified atom stereocenters. The predicted molar refractivity (Wildman–Crippen MR) is 84.0 cm³/mol. The molecule has 6 heteroatoms. The lowest BCUT2D eigenvalue weighted by Crippen LogP contribution is -2.01. The summed E-state index contributed by atoms with van der Waals surface area (Å²) in [6.45, 7) is 0. The van der Waals surface area contributed by atoms with Crippen LogP contribution >= 0.6 is 0 Å². The third-order valence-corrected chi connectivity index (χ3v) is 4.36. The molecule has 0 aliphatic rings. The molecule has 0 heterocycles. The van der Waals surface area contributed by atoms with E-state index in [0.29, 0.717) is 16.3 Å². The summed E-state index contributed by atoms with van der Waals surface area (Å²) >= 11 is 0. The number of hydrogen-bond donors (Lipinski definition) is 2. The molecule has 110 valence electrons. The van der Waals surface area contributed by atoms with Crippen molar-refractivity contribution in [2.24, 2.45) is 5.11 Å². The Labute approximate surface area is 127 Å². The van der Waals surface area contributed by atoms with Crippen molar-refractivity contribution in [3.05, 3.63) is 60.7 Å². The minimum atomic E-state index is -4.52. The SMILES string of the molecule is N=Nc1c(-c2ccccc2)cc2ccccc2c1S(=O)(=O)O. The lowest BCUT2D eigenvalue weighted by Gasteiger charge is -2.12. The van der Waals surface area contributed by atoms with Crippen molar-refractivity contribution in [3.63, 3.8) is 0 Å². The molecule has 0 aromatic heterocycles. The maximum absolute atomic E-state index is 11.8. The van der Waals surface area contributed by atoms with Crippen LogP contribution in [0.3, 0.4) is 0 Å². The molecule has 0 aliphatic heterocycles. The lowest BCUT2D eigenvalue weighted by molar-refractivity contribution is 0.484. The highest BCUT2D eigenvalue weighted by Gasteiger charge is 2.23. The van der Waals surface area contributed by atoms with E-state index in [0.717, 1.165) is 5.56 Å². The molecule has 0 amide bonds. The molecule has 5 nitrogen and oxygen atoms in total. The van der Waals surface area contributed by atoms with Crippen LogP contribution in [0.2, 0.25) is 0 Å². The van der Waals surface area contributed by atoms with Crippen LogP contribution in [0.25, 0.3) is 21.9 Å². The third-order valence-electron chi connectivity index (χ3n) is 3.43. The molecule has 0 saturated heterocycles. The van der Waals surface area contributed by atoms with Crippen molar-refractivity contribution in [1.29, 1.82) is 5.53 Å². The highest BCUT2D eigenvalue weighted by Crippen LogP contribution is 2.41. The largest absolute Gasteiger partial charge is 0.297 e. The topological polar surface area (TPSA) is 90.6 Å². The van der Waals surface area contributed by atoms with Crippen molar-refractivity contribution >= 4 is 26.6 Å². The van der Waals surface area contributed by atoms with Crippen LogP contribution in [0.4, 0.5) is 5.69 Å². The van der Waals surface area contributed by atoms with Gasteiger partial charge in [0, 0.05) is 10.9 Å². The van der Waals surface area contributed by atoms with Crippen molar-refractivity contribution in [2.45, 2.75) is 4.90 Å². The van der Waals surface area contributed by atoms with E-state index < -0.39 is 10.1 Å². The van der Waals surface area contributed by atoms with E-state index in [1.165, 1.54) is 0 Å². The average molecular weight is 312 g/mol. The standard InChI is InChI=1S/C16H12N2O3S/c17-18-15-14(11-6-2-1-3-7-11)10-12-8-4-5-9-13(12)16(15)22(19,20)21/h1-10,17H,(H,19,20,21). The Morgan fingerprint density at radius 1 is 0.955 bits per heavy atom. The number of nitrogens with zero attached hydrogens (tertiary/aromatic N) is 1. The summed E-state index contributed by atoms with van der Waals surface area (Å²) in [4.78, 5) is -0.334. The van der Waals surface area contributed by atoms with E-state index in [1.54, 1.807) is 42.5 Å². The first-order chi connectivity index (χ1) is 10.5.